The first-order valence-electron chi connectivity index (χ1n) is 7.67. The lowest BCUT2D eigenvalue weighted by Gasteiger charge is -2.14. The van der Waals surface area contributed by atoms with Gasteiger partial charge in [0.25, 0.3) is 5.91 Å². The maximum Gasteiger partial charge on any atom is 0.338 e. The molecule has 1 unspecified atom stereocenters. The van der Waals surface area contributed by atoms with Gasteiger partial charge < -0.3 is 15.8 Å². The summed E-state index contributed by atoms with van der Waals surface area (Å²) in [6, 6.07) is 12.4. The van der Waals surface area contributed by atoms with Crippen molar-refractivity contribution in [1.82, 2.24) is 4.98 Å². The summed E-state index contributed by atoms with van der Waals surface area (Å²) in [6.07, 6.45) is -0.922. The van der Waals surface area contributed by atoms with Crippen LogP contribution in [0.15, 0.2) is 42.5 Å². The summed E-state index contributed by atoms with van der Waals surface area (Å²) in [6.45, 7) is 3.43. The molecule has 7 heteroatoms. The fourth-order valence-electron chi connectivity index (χ4n) is 2.30. The number of esters is 1. The Morgan fingerprint density at radius 3 is 2.76 bits per heavy atom. The van der Waals surface area contributed by atoms with Crippen LogP contribution in [0, 0.1) is 6.92 Å². The molecular weight excluding hydrogens is 338 g/mol. The van der Waals surface area contributed by atoms with Crippen LogP contribution in [0.3, 0.4) is 0 Å². The summed E-state index contributed by atoms with van der Waals surface area (Å²) in [5.41, 5.74) is 8.37. The van der Waals surface area contributed by atoms with Crippen LogP contribution in [0.1, 0.15) is 22.8 Å². The van der Waals surface area contributed by atoms with Gasteiger partial charge in [0.2, 0.25) is 0 Å². The van der Waals surface area contributed by atoms with Gasteiger partial charge in [-0.1, -0.05) is 29.5 Å². The first kappa shape index (κ1) is 16.9. The van der Waals surface area contributed by atoms with E-state index in [1.165, 1.54) is 18.3 Å². The highest BCUT2D eigenvalue weighted by atomic mass is 32.1. The number of nitrogen functional groups attached to an aromatic ring is 1. The van der Waals surface area contributed by atoms with Crippen LogP contribution in [0.5, 0.6) is 0 Å². The number of aromatic nitrogens is 1. The smallest absolute Gasteiger partial charge is 0.338 e. The molecule has 0 fully saturated rings. The third-order valence-corrected chi connectivity index (χ3v) is 4.54. The molecule has 0 spiro atoms. The zero-order chi connectivity index (χ0) is 18.0. The largest absolute Gasteiger partial charge is 0.449 e. The summed E-state index contributed by atoms with van der Waals surface area (Å²) < 4.78 is 6.06. The summed E-state index contributed by atoms with van der Waals surface area (Å²) in [5, 5.41) is 3.20. The van der Waals surface area contributed by atoms with Crippen LogP contribution < -0.4 is 11.1 Å². The molecule has 3 N–H and O–H groups in total. The van der Waals surface area contributed by atoms with Crippen molar-refractivity contribution in [3.8, 4) is 0 Å². The third kappa shape index (κ3) is 3.77. The lowest BCUT2D eigenvalue weighted by molar-refractivity contribution is -0.123. The van der Waals surface area contributed by atoms with E-state index in [9.17, 15) is 9.59 Å². The van der Waals surface area contributed by atoms with Crippen molar-refractivity contribution in [1.29, 1.82) is 0 Å². The van der Waals surface area contributed by atoms with Crippen molar-refractivity contribution >= 4 is 44.2 Å². The molecule has 1 aromatic heterocycles. The van der Waals surface area contributed by atoms with E-state index in [1.54, 1.807) is 24.3 Å². The number of nitrogens with two attached hydrogens (primary N) is 1. The topological polar surface area (TPSA) is 94.3 Å². The molecule has 25 heavy (non-hydrogen) atoms. The van der Waals surface area contributed by atoms with Crippen molar-refractivity contribution in [3.05, 3.63) is 53.6 Å². The van der Waals surface area contributed by atoms with E-state index in [4.69, 9.17) is 10.5 Å². The number of carbonyl (C=O) groups excluding carboxylic acids is 2. The second-order valence-corrected chi connectivity index (χ2v) is 6.65. The number of anilines is 2. The van der Waals surface area contributed by atoms with Gasteiger partial charge >= 0.3 is 5.97 Å². The van der Waals surface area contributed by atoms with Crippen molar-refractivity contribution < 1.29 is 14.3 Å². The third-order valence-electron chi connectivity index (χ3n) is 3.70. The first-order chi connectivity index (χ1) is 11.9. The van der Waals surface area contributed by atoms with Gasteiger partial charge in [-0.3, -0.25) is 4.79 Å². The number of carbonyl (C=O) groups is 2. The standard InChI is InChI=1S/C18H17N3O3S/c1-10-5-3-4-6-13(10)20-16(22)11(2)24-17(23)12-7-8-14-15(9-12)25-18(19)21-14/h3-9,11H,1-2H3,(H2,19,21)(H,20,22). The number of thiazole rings is 1. The Kier molecular flexibility index (Phi) is 4.67. The second kappa shape index (κ2) is 6.90. The predicted octanol–water partition coefficient (Wildman–Crippen LogP) is 3.37. The molecule has 0 aliphatic carbocycles. The zero-order valence-electron chi connectivity index (χ0n) is 13.8. The highest BCUT2D eigenvalue weighted by molar-refractivity contribution is 7.22. The Labute approximate surface area is 148 Å². The second-order valence-electron chi connectivity index (χ2n) is 5.59. The Balaban J connectivity index is 1.68. The van der Waals surface area contributed by atoms with Gasteiger partial charge in [-0.2, -0.15) is 0 Å². The molecule has 128 valence electrons. The maximum absolute atomic E-state index is 12.3. The van der Waals surface area contributed by atoms with Gasteiger partial charge in [0.15, 0.2) is 11.2 Å². The fourth-order valence-corrected chi connectivity index (χ4v) is 3.07. The molecule has 6 nitrogen and oxygen atoms in total. The fraction of sp³-hybridized carbons (Fsp3) is 0.167. The minimum absolute atomic E-state index is 0.353. The summed E-state index contributed by atoms with van der Waals surface area (Å²) in [5.74, 6) is -0.952. The van der Waals surface area contributed by atoms with Gasteiger partial charge in [0, 0.05) is 5.69 Å². The zero-order valence-corrected chi connectivity index (χ0v) is 14.6. The van der Waals surface area contributed by atoms with E-state index >= 15 is 0 Å². The van der Waals surface area contributed by atoms with E-state index in [0.29, 0.717) is 16.4 Å². The van der Waals surface area contributed by atoms with Gasteiger partial charge in [-0.05, 0) is 43.7 Å². The van der Waals surface area contributed by atoms with Crippen LogP contribution in [-0.2, 0) is 9.53 Å². The van der Waals surface area contributed by atoms with Gasteiger partial charge in [0.1, 0.15) is 0 Å². The molecule has 0 aliphatic heterocycles. The van der Waals surface area contributed by atoms with Crippen molar-refractivity contribution in [2.24, 2.45) is 0 Å². The Morgan fingerprint density at radius 2 is 2.00 bits per heavy atom. The Hall–Kier alpha value is -2.93. The molecule has 3 rings (SSSR count). The lowest BCUT2D eigenvalue weighted by Crippen LogP contribution is -2.30. The number of fused-ring (bicyclic) bond motifs is 1. The number of para-hydroxylation sites is 1. The highest BCUT2D eigenvalue weighted by Crippen LogP contribution is 2.25. The average Bonchev–Trinajstić information content (AvgIpc) is 2.95. The molecule has 3 aromatic rings. The van der Waals surface area contributed by atoms with E-state index in [-0.39, 0.29) is 5.91 Å². The van der Waals surface area contributed by atoms with Crippen LogP contribution in [0.4, 0.5) is 10.8 Å². The van der Waals surface area contributed by atoms with Gasteiger partial charge in [-0.15, -0.1) is 0 Å². The number of benzene rings is 2. The number of hydrogen-bond acceptors (Lipinski definition) is 6. The number of aryl methyl sites for hydroxylation is 1. The summed E-state index contributed by atoms with van der Waals surface area (Å²) >= 11 is 1.29. The molecule has 0 saturated carbocycles. The quantitative estimate of drug-likeness (QED) is 0.700. The lowest BCUT2D eigenvalue weighted by atomic mass is 10.2. The molecule has 0 aliphatic rings. The number of nitrogens with one attached hydrogen (secondary N) is 1. The summed E-state index contributed by atoms with van der Waals surface area (Å²) in [7, 11) is 0. The summed E-state index contributed by atoms with van der Waals surface area (Å²) in [4.78, 5) is 28.7. The predicted molar refractivity (Wildman–Crippen MR) is 98.7 cm³/mol. The van der Waals surface area contributed by atoms with Gasteiger partial charge in [-0.25, -0.2) is 9.78 Å². The molecule has 1 atom stereocenters. The van der Waals surface area contributed by atoms with Crippen LogP contribution >= 0.6 is 11.3 Å². The minimum Gasteiger partial charge on any atom is -0.449 e. The molecule has 2 aromatic carbocycles. The monoisotopic (exact) mass is 355 g/mol. The average molecular weight is 355 g/mol. The number of nitrogens with zero attached hydrogens (tertiary/aromatic N) is 1. The molecule has 0 bridgehead atoms. The molecule has 0 saturated heterocycles. The minimum atomic E-state index is -0.922. The molecule has 1 heterocycles. The number of rotatable bonds is 4. The molecule has 0 radical (unpaired) electrons. The SMILES string of the molecule is Cc1ccccc1NC(=O)C(C)OC(=O)c1ccc2nc(N)sc2c1. The molecular formula is C18H17N3O3S. The van der Waals surface area contributed by atoms with Crippen molar-refractivity contribution in [2.75, 3.05) is 11.1 Å². The Morgan fingerprint density at radius 1 is 1.24 bits per heavy atom. The number of ether oxygens (including phenoxy) is 1. The number of hydrogen-bond donors (Lipinski definition) is 2. The van der Waals surface area contributed by atoms with E-state index in [2.05, 4.69) is 10.3 Å². The molecule has 1 amide bonds. The van der Waals surface area contributed by atoms with E-state index < -0.39 is 12.1 Å². The maximum atomic E-state index is 12.3. The first-order valence-corrected chi connectivity index (χ1v) is 8.49. The van der Waals surface area contributed by atoms with Crippen LogP contribution in [0.2, 0.25) is 0 Å². The normalized spacial score (nSPS) is 11.9. The van der Waals surface area contributed by atoms with Crippen molar-refractivity contribution in [2.45, 2.75) is 20.0 Å². The number of amides is 1. The van der Waals surface area contributed by atoms with Gasteiger partial charge in [0.05, 0.1) is 15.8 Å². The van der Waals surface area contributed by atoms with Crippen LogP contribution in [0.25, 0.3) is 10.2 Å². The van der Waals surface area contributed by atoms with E-state index in [1.807, 2.05) is 25.1 Å². The van der Waals surface area contributed by atoms with E-state index in [0.717, 1.165) is 15.8 Å². The Bertz CT molecular complexity index is 952. The van der Waals surface area contributed by atoms with Crippen LogP contribution in [-0.4, -0.2) is 23.0 Å². The van der Waals surface area contributed by atoms with Crippen molar-refractivity contribution in [3.63, 3.8) is 0 Å². The highest BCUT2D eigenvalue weighted by Gasteiger charge is 2.20.